The summed E-state index contributed by atoms with van der Waals surface area (Å²) < 4.78 is 6.47. The lowest BCUT2D eigenvalue weighted by molar-refractivity contribution is -0.918. The molecule has 0 unspecified atom stereocenters. The molecule has 0 bridgehead atoms. The molecule has 3 rings (SSSR count). The molecule has 0 spiro atoms. The first kappa shape index (κ1) is 18.9. The highest BCUT2D eigenvalue weighted by atomic mass is 79.9. The van der Waals surface area contributed by atoms with Crippen LogP contribution < -0.4 is 15.0 Å². The topological polar surface area (TPSA) is 42.8 Å². The first-order valence-electron chi connectivity index (χ1n) is 9.25. The molecule has 2 N–H and O–H groups in total. The van der Waals surface area contributed by atoms with Crippen molar-refractivity contribution in [2.45, 2.75) is 32.4 Å². The normalized spacial score (nSPS) is 14.8. The van der Waals surface area contributed by atoms with Crippen molar-refractivity contribution in [1.29, 1.82) is 0 Å². The SMILES string of the molecule is O=C(COc1ccc(Br)cc1)NCc1ccc(C[NH+]2CCCCC2)cc1. The highest BCUT2D eigenvalue weighted by Crippen LogP contribution is 2.15. The van der Waals surface area contributed by atoms with Crippen LogP contribution >= 0.6 is 15.9 Å². The van der Waals surface area contributed by atoms with E-state index in [1.165, 1.54) is 37.9 Å². The minimum Gasteiger partial charge on any atom is -0.484 e. The predicted octanol–water partition coefficient (Wildman–Crippen LogP) is 2.71. The maximum Gasteiger partial charge on any atom is 0.258 e. The van der Waals surface area contributed by atoms with Crippen LogP contribution in [0.3, 0.4) is 0 Å². The Morgan fingerprint density at radius 1 is 0.962 bits per heavy atom. The van der Waals surface area contributed by atoms with Crippen LogP contribution in [0.5, 0.6) is 5.75 Å². The third kappa shape index (κ3) is 6.15. The fraction of sp³-hybridized carbons (Fsp3) is 0.381. The quantitative estimate of drug-likeness (QED) is 0.726. The van der Waals surface area contributed by atoms with Gasteiger partial charge in [-0.15, -0.1) is 0 Å². The smallest absolute Gasteiger partial charge is 0.258 e. The molecule has 1 saturated heterocycles. The molecular formula is C21H26BrN2O2+. The van der Waals surface area contributed by atoms with Gasteiger partial charge in [-0.3, -0.25) is 4.79 Å². The van der Waals surface area contributed by atoms with Crippen molar-refractivity contribution in [1.82, 2.24) is 5.32 Å². The largest absolute Gasteiger partial charge is 0.484 e. The maximum atomic E-state index is 11.9. The van der Waals surface area contributed by atoms with Gasteiger partial charge in [0.2, 0.25) is 0 Å². The number of piperidine rings is 1. The number of ether oxygens (including phenoxy) is 1. The number of hydrogen-bond donors (Lipinski definition) is 2. The lowest BCUT2D eigenvalue weighted by atomic mass is 10.1. The number of nitrogens with one attached hydrogen (secondary N) is 2. The minimum absolute atomic E-state index is 0.0258. The fourth-order valence-electron chi connectivity index (χ4n) is 3.22. The van der Waals surface area contributed by atoms with Gasteiger partial charge < -0.3 is 15.0 Å². The first-order chi connectivity index (χ1) is 12.7. The molecule has 0 atom stereocenters. The predicted molar refractivity (Wildman–Crippen MR) is 106 cm³/mol. The molecule has 1 aliphatic heterocycles. The Morgan fingerprint density at radius 3 is 2.31 bits per heavy atom. The molecule has 2 aromatic carbocycles. The molecule has 0 aliphatic carbocycles. The van der Waals surface area contributed by atoms with E-state index in [1.54, 1.807) is 4.90 Å². The number of carbonyl (C=O) groups excluding carboxylic acids is 1. The van der Waals surface area contributed by atoms with Crippen LogP contribution in [-0.4, -0.2) is 25.6 Å². The molecule has 0 aromatic heterocycles. The Hall–Kier alpha value is -1.85. The molecule has 0 saturated carbocycles. The summed E-state index contributed by atoms with van der Waals surface area (Å²) in [5.41, 5.74) is 2.48. The third-order valence-electron chi connectivity index (χ3n) is 4.71. The van der Waals surface area contributed by atoms with Crippen molar-refractivity contribution in [3.05, 3.63) is 64.1 Å². The number of halogens is 1. The monoisotopic (exact) mass is 417 g/mol. The summed E-state index contributed by atoms with van der Waals surface area (Å²) in [5.74, 6) is 0.572. The minimum atomic E-state index is -0.116. The summed E-state index contributed by atoms with van der Waals surface area (Å²) in [7, 11) is 0. The number of benzene rings is 2. The molecule has 1 amide bonds. The molecule has 1 fully saturated rings. The van der Waals surface area contributed by atoms with Crippen molar-refractivity contribution in [3.63, 3.8) is 0 Å². The van der Waals surface area contributed by atoms with Crippen molar-refractivity contribution >= 4 is 21.8 Å². The van der Waals surface area contributed by atoms with E-state index >= 15 is 0 Å². The second kappa shape index (κ2) is 9.74. The molecule has 4 nitrogen and oxygen atoms in total. The summed E-state index contributed by atoms with van der Waals surface area (Å²) in [6.07, 6.45) is 4.08. The van der Waals surface area contributed by atoms with E-state index in [4.69, 9.17) is 4.74 Å². The second-order valence-corrected chi connectivity index (χ2v) is 7.74. The lowest BCUT2D eigenvalue weighted by Gasteiger charge is -2.23. The number of hydrogen-bond acceptors (Lipinski definition) is 2. The molecule has 5 heteroatoms. The molecule has 2 aromatic rings. The summed E-state index contributed by atoms with van der Waals surface area (Å²) in [6, 6.07) is 16.0. The second-order valence-electron chi connectivity index (χ2n) is 6.82. The average Bonchev–Trinajstić information content (AvgIpc) is 2.68. The first-order valence-corrected chi connectivity index (χ1v) is 10.0. The van der Waals surface area contributed by atoms with Crippen molar-refractivity contribution < 1.29 is 14.4 Å². The van der Waals surface area contributed by atoms with Crippen molar-refractivity contribution in [2.24, 2.45) is 0 Å². The zero-order chi connectivity index (χ0) is 18.2. The van der Waals surface area contributed by atoms with Crippen molar-refractivity contribution in [2.75, 3.05) is 19.7 Å². The van der Waals surface area contributed by atoms with Gasteiger partial charge in [-0.2, -0.15) is 0 Å². The lowest BCUT2D eigenvalue weighted by Crippen LogP contribution is -3.11. The van der Waals surface area contributed by atoms with Gasteiger partial charge in [0.15, 0.2) is 6.61 Å². The van der Waals surface area contributed by atoms with Crippen LogP contribution in [0, 0.1) is 0 Å². The maximum absolute atomic E-state index is 11.9. The molecule has 138 valence electrons. The highest BCUT2D eigenvalue weighted by molar-refractivity contribution is 9.10. The molecule has 1 aliphatic rings. The average molecular weight is 418 g/mol. The van der Waals surface area contributed by atoms with E-state index < -0.39 is 0 Å². The van der Waals surface area contributed by atoms with E-state index in [1.807, 2.05) is 24.3 Å². The van der Waals surface area contributed by atoms with Gasteiger partial charge in [-0.25, -0.2) is 0 Å². The number of likely N-dealkylation sites (tertiary alicyclic amines) is 1. The van der Waals surface area contributed by atoms with Crippen LogP contribution in [-0.2, 0) is 17.9 Å². The summed E-state index contributed by atoms with van der Waals surface area (Å²) in [5, 5.41) is 2.90. The van der Waals surface area contributed by atoms with E-state index in [0.717, 1.165) is 16.6 Å². The van der Waals surface area contributed by atoms with E-state index in [0.29, 0.717) is 12.3 Å². The number of carbonyl (C=O) groups is 1. The fourth-order valence-corrected chi connectivity index (χ4v) is 3.49. The standard InChI is InChI=1S/C21H25BrN2O2/c22-19-8-10-20(11-9-19)26-16-21(25)23-14-17-4-6-18(7-5-17)15-24-12-2-1-3-13-24/h4-11H,1-3,12-16H2,(H,23,25)/p+1. The van der Waals surface area contributed by atoms with Crippen LogP contribution in [0.4, 0.5) is 0 Å². The summed E-state index contributed by atoms with van der Waals surface area (Å²) in [4.78, 5) is 13.6. The van der Waals surface area contributed by atoms with E-state index in [-0.39, 0.29) is 12.5 Å². The summed E-state index contributed by atoms with van der Waals surface area (Å²) in [6.45, 7) is 4.23. The molecule has 0 radical (unpaired) electrons. The van der Waals surface area contributed by atoms with Crippen LogP contribution in [0.15, 0.2) is 53.0 Å². The zero-order valence-corrected chi connectivity index (χ0v) is 16.6. The van der Waals surface area contributed by atoms with Gasteiger partial charge in [0, 0.05) is 16.6 Å². The van der Waals surface area contributed by atoms with Gasteiger partial charge in [0.25, 0.3) is 5.91 Å². The van der Waals surface area contributed by atoms with Gasteiger partial charge >= 0.3 is 0 Å². The van der Waals surface area contributed by atoms with Gasteiger partial charge in [0.05, 0.1) is 13.1 Å². The Morgan fingerprint density at radius 2 is 1.62 bits per heavy atom. The Balaban J connectivity index is 1.39. The number of rotatable bonds is 7. The van der Waals surface area contributed by atoms with Gasteiger partial charge in [-0.05, 0) is 49.1 Å². The zero-order valence-electron chi connectivity index (χ0n) is 15.0. The van der Waals surface area contributed by atoms with E-state index in [2.05, 4.69) is 45.5 Å². The Kier molecular flexibility index (Phi) is 7.09. The van der Waals surface area contributed by atoms with Crippen LogP contribution in [0.1, 0.15) is 30.4 Å². The highest BCUT2D eigenvalue weighted by Gasteiger charge is 2.13. The Labute approximate surface area is 163 Å². The molecular weight excluding hydrogens is 392 g/mol. The van der Waals surface area contributed by atoms with Crippen molar-refractivity contribution in [3.8, 4) is 5.75 Å². The summed E-state index contributed by atoms with van der Waals surface area (Å²) >= 11 is 3.37. The number of quaternary nitrogens is 1. The molecule has 26 heavy (non-hydrogen) atoms. The van der Waals surface area contributed by atoms with Crippen LogP contribution in [0.2, 0.25) is 0 Å². The molecule has 1 heterocycles. The van der Waals surface area contributed by atoms with E-state index in [9.17, 15) is 4.79 Å². The number of amides is 1. The van der Waals surface area contributed by atoms with Crippen LogP contribution in [0.25, 0.3) is 0 Å². The van der Waals surface area contributed by atoms with Gasteiger partial charge in [0.1, 0.15) is 12.3 Å². The Bertz CT molecular complexity index is 695. The third-order valence-corrected chi connectivity index (χ3v) is 5.24. The van der Waals surface area contributed by atoms with Gasteiger partial charge in [-0.1, -0.05) is 40.2 Å².